The Balaban J connectivity index is 2.61. The van der Waals surface area contributed by atoms with Crippen LogP contribution < -0.4 is 5.32 Å². The van der Waals surface area contributed by atoms with Crippen molar-refractivity contribution < 1.29 is 9.59 Å². The second-order valence-corrected chi connectivity index (χ2v) is 5.08. The standard InChI is InChI=1S/C16H16N2O2/c1-9-4-6-12(7-5-9)15-13(8-17)16(20)18-10(2)14(15)11(3)19/h4-7,13,15H,1-3H3,(H,18,20). The van der Waals surface area contributed by atoms with Crippen molar-refractivity contribution in [3.8, 4) is 6.07 Å². The predicted molar refractivity (Wildman–Crippen MR) is 74.5 cm³/mol. The molecule has 1 amide bonds. The minimum absolute atomic E-state index is 0.117. The number of ketones is 1. The van der Waals surface area contributed by atoms with Crippen LogP contribution in [0.15, 0.2) is 35.5 Å². The highest BCUT2D eigenvalue weighted by atomic mass is 16.2. The molecule has 1 aromatic rings. The molecule has 1 heterocycles. The van der Waals surface area contributed by atoms with Gasteiger partial charge < -0.3 is 5.32 Å². The summed E-state index contributed by atoms with van der Waals surface area (Å²) in [6, 6.07) is 9.61. The zero-order chi connectivity index (χ0) is 14.9. The van der Waals surface area contributed by atoms with Crippen LogP contribution in [0.3, 0.4) is 0 Å². The van der Waals surface area contributed by atoms with Gasteiger partial charge >= 0.3 is 0 Å². The SMILES string of the molecule is CC(=O)C1=C(C)NC(=O)C(C#N)C1c1ccc(C)cc1. The number of carbonyl (C=O) groups excluding carboxylic acids is 2. The van der Waals surface area contributed by atoms with Gasteiger partial charge in [0.05, 0.1) is 6.07 Å². The molecule has 1 aliphatic heterocycles. The lowest BCUT2D eigenvalue weighted by Gasteiger charge is -2.30. The Morgan fingerprint density at radius 3 is 2.35 bits per heavy atom. The van der Waals surface area contributed by atoms with Crippen LogP contribution in [0.4, 0.5) is 0 Å². The third kappa shape index (κ3) is 2.35. The molecule has 0 fully saturated rings. The van der Waals surface area contributed by atoms with Gasteiger partial charge in [0.15, 0.2) is 5.78 Å². The average Bonchev–Trinajstić information content (AvgIpc) is 2.38. The Bertz CT molecular complexity index is 635. The van der Waals surface area contributed by atoms with Crippen molar-refractivity contribution in [1.82, 2.24) is 5.32 Å². The van der Waals surface area contributed by atoms with E-state index in [1.807, 2.05) is 37.3 Å². The number of hydrogen-bond donors (Lipinski definition) is 1. The summed E-state index contributed by atoms with van der Waals surface area (Å²) in [6.07, 6.45) is 0. The van der Waals surface area contributed by atoms with E-state index in [0.29, 0.717) is 11.3 Å². The molecule has 0 bridgehead atoms. The Kier molecular flexibility index (Phi) is 3.71. The van der Waals surface area contributed by atoms with Gasteiger partial charge in [0.1, 0.15) is 5.92 Å². The molecule has 1 N–H and O–H groups in total. The Hall–Kier alpha value is -2.41. The number of amides is 1. The number of rotatable bonds is 2. The number of aryl methyl sites for hydroxylation is 1. The fourth-order valence-corrected chi connectivity index (χ4v) is 2.63. The molecule has 0 radical (unpaired) electrons. The first kappa shape index (κ1) is 14.0. The van der Waals surface area contributed by atoms with Crippen LogP contribution in [0, 0.1) is 24.2 Å². The summed E-state index contributed by atoms with van der Waals surface area (Å²) < 4.78 is 0. The number of nitrogens with zero attached hydrogens (tertiary/aromatic N) is 1. The molecule has 0 saturated heterocycles. The summed E-state index contributed by atoms with van der Waals surface area (Å²) in [5.74, 6) is -1.83. The topological polar surface area (TPSA) is 70.0 Å². The second-order valence-electron chi connectivity index (χ2n) is 5.08. The molecule has 4 nitrogen and oxygen atoms in total. The number of Topliss-reactive ketones (excluding diaryl/α,β-unsaturated/α-hetero) is 1. The van der Waals surface area contributed by atoms with Gasteiger partial charge in [-0.3, -0.25) is 9.59 Å². The second kappa shape index (κ2) is 5.30. The van der Waals surface area contributed by atoms with E-state index in [0.717, 1.165) is 11.1 Å². The van der Waals surface area contributed by atoms with Crippen molar-refractivity contribution in [3.05, 3.63) is 46.7 Å². The molecule has 0 spiro atoms. The molecule has 102 valence electrons. The van der Waals surface area contributed by atoms with Crippen LogP contribution in [0.1, 0.15) is 30.9 Å². The van der Waals surface area contributed by atoms with Crippen molar-refractivity contribution in [2.45, 2.75) is 26.7 Å². The van der Waals surface area contributed by atoms with Crippen molar-refractivity contribution >= 4 is 11.7 Å². The molecule has 0 aromatic heterocycles. The van der Waals surface area contributed by atoms with Crippen LogP contribution in [0.25, 0.3) is 0 Å². The lowest BCUT2D eigenvalue weighted by Crippen LogP contribution is -2.40. The van der Waals surface area contributed by atoms with E-state index in [1.165, 1.54) is 6.92 Å². The summed E-state index contributed by atoms with van der Waals surface area (Å²) in [4.78, 5) is 23.9. The van der Waals surface area contributed by atoms with E-state index in [9.17, 15) is 14.9 Å². The molecular formula is C16H16N2O2. The number of allylic oxidation sites excluding steroid dienone is 2. The molecule has 20 heavy (non-hydrogen) atoms. The van der Waals surface area contributed by atoms with Gasteiger partial charge in [0, 0.05) is 17.2 Å². The third-order valence-corrected chi connectivity index (χ3v) is 3.60. The largest absolute Gasteiger partial charge is 0.328 e. The Morgan fingerprint density at radius 2 is 1.85 bits per heavy atom. The van der Waals surface area contributed by atoms with E-state index >= 15 is 0 Å². The van der Waals surface area contributed by atoms with E-state index in [2.05, 4.69) is 5.32 Å². The highest BCUT2D eigenvalue weighted by Gasteiger charge is 2.39. The highest BCUT2D eigenvalue weighted by molar-refractivity contribution is 6.00. The third-order valence-electron chi connectivity index (χ3n) is 3.60. The first-order valence-electron chi connectivity index (χ1n) is 6.44. The molecule has 1 aromatic carbocycles. The van der Waals surface area contributed by atoms with Gasteiger partial charge in [0.2, 0.25) is 5.91 Å². The maximum Gasteiger partial charge on any atom is 0.242 e. The monoisotopic (exact) mass is 268 g/mol. The van der Waals surface area contributed by atoms with Crippen LogP contribution >= 0.6 is 0 Å². The quantitative estimate of drug-likeness (QED) is 0.894. The van der Waals surface area contributed by atoms with E-state index in [4.69, 9.17) is 0 Å². The molecule has 4 heteroatoms. The minimum atomic E-state index is -0.875. The number of hydrogen-bond acceptors (Lipinski definition) is 3. The minimum Gasteiger partial charge on any atom is -0.328 e. The van der Waals surface area contributed by atoms with Gasteiger partial charge in [-0.15, -0.1) is 0 Å². The van der Waals surface area contributed by atoms with Crippen molar-refractivity contribution in [1.29, 1.82) is 5.26 Å². The number of nitriles is 1. The smallest absolute Gasteiger partial charge is 0.242 e. The lowest BCUT2D eigenvalue weighted by molar-refractivity contribution is -0.123. The van der Waals surface area contributed by atoms with Crippen LogP contribution in [-0.4, -0.2) is 11.7 Å². The van der Waals surface area contributed by atoms with Gasteiger partial charge in [-0.1, -0.05) is 29.8 Å². The zero-order valence-corrected chi connectivity index (χ0v) is 11.7. The average molecular weight is 268 g/mol. The maximum absolute atomic E-state index is 12.0. The molecule has 1 aliphatic rings. The number of benzene rings is 1. The summed E-state index contributed by atoms with van der Waals surface area (Å²) in [6.45, 7) is 5.13. The fraction of sp³-hybridized carbons (Fsp3) is 0.312. The van der Waals surface area contributed by atoms with E-state index in [1.54, 1.807) is 6.92 Å². The summed E-state index contributed by atoms with van der Waals surface area (Å²) in [5, 5.41) is 11.9. The Morgan fingerprint density at radius 1 is 1.25 bits per heavy atom. The van der Waals surface area contributed by atoms with Gasteiger partial charge in [-0.05, 0) is 26.3 Å². The van der Waals surface area contributed by atoms with Crippen molar-refractivity contribution in [3.63, 3.8) is 0 Å². The number of nitrogens with one attached hydrogen (secondary N) is 1. The highest BCUT2D eigenvalue weighted by Crippen LogP contribution is 2.37. The van der Waals surface area contributed by atoms with Crippen LogP contribution in [0.2, 0.25) is 0 Å². The van der Waals surface area contributed by atoms with Gasteiger partial charge in [-0.2, -0.15) is 5.26 Å². The normalized spacial score (nSPS) is 22.2. The maximum atomic E-state index is 12.0. The fourth-order valence-electron chi connectivity index (χ4n) is 2.63. The van der Waals surface area contributed by atoms with Crippen molar-refractivity contribution in [2.24, 2.45) is 5.92 Å². The molecule has 0 saturated carbocycles. The van der Waals surface area contributed by atoms with Crippen LogP contribution in [0.5, 0.6) is 0 Å². The predicted octanol–water partition coefficient (Wildman–Crippen LogP) is 2.21. The van der Waals surface area contributed by atoms with Crippen LogP contribution in [-0.2, 0) is 9.59 Å². The molecule has 2 unspecified atom stereocenters. The summed E-state index contributed by atoms with van der Waals surface area (Å²) in [5.41, 5.74) is 2.97. The molecule has 2 atom stereocenters. The van der Waals surface area contributed by atoms with Crippen molar-refractivity contribution in [2.75, 3.05) is 0 Å². The summed E-state index contributed by atoms with van der Waals surface area (Å²) in [7, 11) is 0. The first-order valence-corrected chi connectivity index (χ1v) is 6.44. The van der Waals surface area contributed by atoms with Gasteiger partial charge in [-0.25, -0.2) is 0 Å². The molecule has 2 rings (SSSR count). The van der Waals surface area contributed by atoms with E-state index in [-0.39, 0.29) is 11.7 Å². The first-order chi connectivity index (χ1) is 9.45. The van der Waals surface area contributed by atoms with E-state index < -0.39 is 11.8 Å². The van der Waals surface area contributed by atoms with Gasteiger partial charge in [0.25, 0.3) is 0 Å². The Labute approximate surface area is 118 Å². The lowest BCUT2D eigenvalue weighted by atomic mass is 9.76. The molecule has 0 aliphatic carbocycles. The molecular weight excluding hydrogens is 252 g/mol. The number of carbonyl (C=O) groups is 2. The zero-order valence-electron chi connectivity index (χ0n) is 11.7. The summed E-state index contributed by atoms with van der Waals surface area (Å²) >= 11 is 0.